The minimum atomic E-state index is -0.529. The SMILES string of the molecule is Cc1ccc(NC(=O)c2cnn(-c3ccc(C)cc3)c2C2CCN(C(=O)OC(C)(C)C)CC2)cc1. The summed E-state index contributed by atoms with van der Waals surface area (Å²) in [6.45, 7) is 10.8. The first kappa shape index (κ1) is 24.5. The average Bonchev–Trinajstić information content (AvgIpc) is 3.25. The monoisotopic (exact) mass is 474 g/mol. The third kappa shape index (κ3) is 5.91. The quantitative estimate of drug-likeness (QED) is 0.514. The Morgan fingerprint density at radius 1 is 0.943 bits per heavy atom. The molecule has 0 saturated carbocycles. The molecule has 184 valence electrons. The highest BCUT2D eigenvalue weighted by atomic mass is 16.6. The van der Waals surface area contributed by atoms with Gasteiger partial charge in [0.1, 0.15) is 5.60 Å². The molecule has 7 heteroatoms. The number of hydrogen-bond acceptors (Lipinski definition) is 4. The van der Waals surface area contributed by atoms with Gasteiger partial charge < -0.3 is 15.0 Å². The molecule has 1 saturated heterocycles. The molecule has 0 radical (unpaired) electrons. The molecule has 1 N–H and O–H groups in total. The van der Waals surface area contributed by atoms with E-state index in [9.17, 15) is 9.59 Å². The number of anilines is 1. The Labute approximate surface area is 207 Å². The Balaban J connectivity index is 1.60. The average molecular weight is 475 g/mol. The Bertz CT molecular complexity index is 1180. The van der Waals surface area contributed by atoms with E-state index in [0.29, 0.717) is 18.7 Å². The van der Waals surface area contributed by atoms with Crippen LogP contribution < -0.4 is 5.32 Å². The molecule has 2 aromatic carbocycles. The number of aryl methyl sites for hydroxylation is 2. The summed E-state index contributed by atoms with van der Waals surface area (Å²) in [5.74, 6) is -0.104. The van der Waals surface area contributed by atoms with E-state index in [1.54, 1.807) is 11.1 Å². The molecule has 35 heavy (non-hydrogen) atoms. The fraction of sp³-hybridized carbons (Fsp3) is 0.393. The first-order chi connectivity index (χ1) is 16.6. The summed E-state index contributed by atoms with van der Waals surface area (Å²) in [6.07, 6.45) is 2.81. The zero-order chi connectivity index (χ0) is 25.2. The van der Waals surface area contributed by atoms with Crippen LogP contribution in [0, 0.1) is 13.8 Å². The van der Waals surface area contributed by atoms with Gasteiger partial charge in [0, 0.05) is 24.7 Å². The van der Waals surface area contributed by atoms with Crippen LogP contribution in [0.1, 0.15) is 66.7 Å². The standard InChI is InChI=1S/C28H34N4O3/c1-19-6-10-22(11-7-19)30-26(33)24-18-29-32(23-12-8-20(2)9-13-23)25(24)21-14-16-31(17-15-21)27(34)35-28(3,4)5/h6-13,18,21H,14-17H2,1-5H3,(H,30,33). The molecule has 0 spiro atoms. The van der Waals surface area contributed by atoms with E-state index in [1.165, 1.54) is 0 Å². The number of ether oxygens (including phenoxy) is 1. The number of rotatable bonds is 4. The van der Waals surface area contributed by atoms with Crippen molar-refractivity contribution >= 4 is 17.7 Å². The van der Waals surface area contributed by atoms with Gasteiger partial charge in [0.05, 0.1) is 23.1 Å². The van der Waals surface area contributed by atoms with Crippen molar-refractivity contribution in [1.82, 2.24) is 14.7 Å². The Hall–Kier alpha value is -3.61. The molecule has 3 aromatic rings. The van der Waals surface area contributed by atoms with Crippen LogP contribution in [0.25, 0.3) is 5.69 Å². The number of benzene rings is 2. The fourth-order valence-corrected chi connectivity index (χ4v) is 4.31. The molecular formula is C28H34N4O3. The van der Waals surface area contributed by atoms with Crippen LogP contribution in [0.5, 0.6) is 0 Å². The van der Waals surface area contributed by atoms with Gasteiger partial charge in [0.2, 0.25) is 0 Å². The number of nitrogens with zero attached hydrogens (tertiary/aromatic N) is 3. The zero-order valence-electron chi connectivity index (χ0n) is 21.2. The lowest BCUT2D eigenvalue weighted by Crippen LogP contribution is -2.41. The van der Waals surface area contributed by atoms with Crippen LogP contribution in [-0.4, -0.2) is 45.4 Å². The summed E-state index contributed by atoms with van der Waals surface area (Å²) < 4.78 is 7.42. The predicted molar refractivity (Wildman–Crippen MR) is 137 cm³/mol. The molecule has 2 amide bonds. The van der Waals surface area contributed by atoms with Gasteiger partial charge in [-0.1, -0.05) is 35.4 Å². The largest absolute Gasteiger partial charge is 0.444 e. The second-order valence-corrected chi connectivity index (χ2v) is 10.3. The number of carbonyl (C=O) groups excluding carboxylic acids is 2. The van der Waals surface area contributed by atoms with E-state index in [4.69, 9.17) is 4.74 Å². The van der Waals surface area contributed by atoms with Gasteiger partial charge in [-0.15, -0.1) is 0 Å². The zero-order valence-corrected chi connectivity index (χ0v) is 21.2. The molecule has 0 atom stereocenters. The third-order valence-corrected chi connectivity index (χ3v) is 6.17. The molecule has 0 unspecified atom stereocenters. The molecule has 0 aliphatic carbocycles. The molecule has 2 heterocycles. The second-order valence-electron chi connectivity index (χ2n) is 10.3. The Morgan fingerprint density at radius 3 is 2.09 bits per heavy atom. The number of likely N-dealkylation sites (tertiary alicyclic amines) is 1. The number of nitrogens with one attached hydrogen (secondary N) is 1. The van der Waals surface area contributed by atoms with Crippen LogP contribution >= 0.6 is 0 Å². The molecule has 0 bridgehead atoms. The van der Waals surface area contributed by atoms with Crippen molar-refractivity contribution in [2.75, 3.05) is 18.4 Å². The van der Waals surface area contributed by atoms with Crippen LogP contribution in [0.3, 0.4) is 0 Å². The van der Waals surface area contributed by atoms with Crippen molar-refractivity contribution in [1.29, 1.82) is 0 Å². The summed E-state index contributed by atoms with van der Waals surface area (Å²) >= 11 is 0. The van der Waals surface area contributed by atoms with Gasteiger partial charge in [-0.2, -0.15) is 5.10 Å². The molecular weight excluding hydrogens is 440 g/mol. The topological polar surface area (TPSA) is 76.5 Å². The minimum Gasteiger partial charge on any atom is -0.444 e. The third-order valence-electron chi connectivity index (χ3n) is 6.17. The smallest absolute Gasteiger partial charge is 0.410 e. The predicted octanol–water partition coefficient (Wildman–Crippen LogP) is 5.86. The highest BCUT2D eigenvalue weighted by molar-refractivity contribution is 6.05. The van der Waals surface area contributed by atoms with Gasteiger partial charge in [-0.3, -0.25) is 4.79 Å². The van der Waals surface area contributed by atoms with Gasteiger partial charge in [0.25, 0.3) is 5.91 Å². The maximum absolute atomic E-state index is 13.3. The van der Waals surface area contributed by atoms with E-state index in [-0.39, 0.29) is 17.9 Å². The second kappa shape index (κ2) is 9.94. The van der Waals surface area contributed by atoms with E-state index in [2.05, 4.69) is 10.4 Å². The molecule has 1 aromatic heterocycles. The minimum absolute atomic E-state index is 0.0799. The van der Waals surface area contributed by atoms with Gasteiger partial charge in [0.15, 0.2) is 0 Å². The number of carbonyl (C=O) groups is 2. The summed E-state index contributed by atoms with van der Waals surface area (Å²) in [4.78, 5) is 27.6. The first-order valence-electron chi connectivity index (χ1n) is 12.1. The maximum atomic E-state index is 13.3. The molecule has 1 fully saturated rings. The lowest BCUT2D eigenvalue weighted by molar-refractivity contribution is 0.0203. The summed E-state index contributed by atoms with van der Waals surface area (Å²) in [5.41, 5.74) is 4.85. The number of hydrogen-bond donors (Lipinski definition) is 1. The van der Waals surface area contributed by atoms with Crippen molar-refractivity contribution in [2.45, 2.75) is 59.0 Å². The maximum Gasteiger partial charge on any atom is 0.410 e. The number of aromatic nitrogens is 2. The van der Waals surface area contributed by atoms with Gasteiger partial charge in [-0.05, 0) is 71.7 Å². The molecule has 1 aliphatic rings. The highest BCUT2D eigenvalue weighted by Crippen LogP contribution is 2.33. The van der Waals surface area contributed by atoms with E-state index >= 15 is 0 Å². The molecule has 4 rings (SSSR count). The van der Waals surface area contributed by atoms with E-state index < -0.39 is 5.60 Å². The Kier molecular flexibility index (Phi) is 6.96. The van der Waals surface area contributed by atoms with Crippen molar-refractivity contribution in [2.24, 2.45) is 0 Å². The Morgan fingerprint density at radius 2 is 1.51 bits per heavy atom. The van der Waals surface area contributed by atoms with Gasteiger partial charge in [-0.25, -0.2) is 9.48 Å². The van der Waals surface area contributed by atoms with Crippen molar-refractivity contribution in [3.63, 3.8) is 0 Å². The highest BCUT2D eigenvalue weighted by Gasteiger charge is 2.32. The van der Waals surface area contributed by atoms with Crippen LogP contribution in [0.15, 0.2) is 54.7 Å². The lowest BCUT2D eigenvalue weighted by atomic mass is 9.90. The lowest BCUT2D eigenvalue weighted by Gasteiger charge is -2.34. The van der Waals surface area contributed by atoms with Crippen molar-refractivity contribution in [3.05, 3.63) is 77.1 Å². The summed E-state index contributed by atoms with van der Waals surface area (Å²) in [7, 11) is 0. The number of piperidine rings is 1. The first-order valence-corrected chi connectivity index (χ1v) is 12.1. The summed E-state index contributed by atoms with van der Waals surface area (Å²) in [6, 6.07) is 15.9. The number of amides is 2. The van der Waals surface area contributed by atoms with Gasteiger partial charge >= 0.3 is 6.09 Å². The normalized spacial score (nSPS) is 14.6. The van der Waals surface area contributed by atoms with Crippen molar-refractivity contribution in [3.8, 4) is 5.69 Å². The van der Waals surface area contributed by atoms with E-state index in [1.807, 2.05) is 87.8 Å². The van der Waals surface area contributed by atoms with Crippen LogP contribution in [0.2, 0.25) is 0 Å². The van der Waals surface area contributed by atoms with Crippen LogP contribution in [-0.2, 0) is 4.74 Å². The summed E-state index contributed by atoms with van der Waals surface area (Å²) in [5, 5.41) is 7.64. The fourth-order valence-electron chi connectivity index (χ4n) is 4.31. The molecule has 1 aliphatic heterocycles. The van der Waals surface area contributed by atoms with E-state index in [0.717, 1.165) is 41.0 Å². The van der Waals surface area contributed by atoms with Crippen LogP contribution in [0.4, 0.5) is 10.5 Å². The van der Waals surface area contributed by atoms with Crippen molar-refractivity contribution < 1.29 is 14.3 Å². The molecule has 7 nitrogen and oxygen atoms in total.